The van der Waals surface area contributed by atoms with Gasteiger partial charge in [0.15, 0.2) is 9.84 Å². The third-order valence-electron chi connectivity index (χ3n) is 21.2. The Morgan fingerprint density at radius 1 is 0.742 bits per heavy atom. The van der Waals surface area contributed by atoms with Crippen molar-refractivity contribution in [1.29, 1.82) is 0 Å². The van der Waals surface area contributed by atoms with E-state index in [1.54, 1.807) is 0 Å². The van der Waals surface area contributed by atoms with Crippen molar-refractivity contribution >= 4 is 27.9 Å². The summed E-state index contributed by atoms with van der Waals surface area (Å²) in [7, 11) is -3.06. The first kappa shape index (κ1) is 46.6. The molecule has 352 valence electrons. The third kappa shape index (κ3) is 7.38. The van der Waals surface area contributed by atoms with Crippen molar-refractivity contribution in [3.63, 3.8) is 0 Å². The molecule has 1 aliphatic heterocycles. The van der Waals surface area contributed by atoms with Gasteiger partial charge in [-0.2, -0.15) is 0 Å². The fraction of sp³-hybridized carbons (Fsp3) is 0.940. The number of hydrogen-bond acceptors (Lipinski definition) is 9. The molecule has 0 aromatic heterocycles. The van der Waals surface area contributed by atoms with Gasteiger partial charge in [0, 0.05) is 42.7 Å². The van der Waals surface area contributed by atoms with Crippen LogP contribution >= 0.6 is 0 Å². The van der Waals surface area contributed by atoms with Gasteiger partial charge in [0.2, 0.25) is 0 Å². The molecule has 1 heterocycles. The lowest BCUT2D eigenvalue weighted by atomic mass is 9.32. The van der Waals surface area contributed by atoms with Gasteiger partial charge in [-0.1, -0.05) is 55.4 Å². The lowest BCUT2D eigenvalue weighted by Crippen LogP contribution is -2.69. The van der Waals surface area contributed by atoms with Crippen molar-refractivity contribution in [3.05, 3.63) is 0 Å². The monoisotopic (exact) mass is 886 g/mol. The molecule has 7 aliphatic carbocycles. The Morgan fingerprint density at radius 2 is 1.42 bits per heavy atom. The lowest BCUT2D eigenvalue weighted by Gasteiger charge is -2.73. The maximum Gasteiger partial charge on any atom is 0.407 e. The zero-order chi connectivity index (χ0) is 45.2. The van der Waals surface area contributed by atoms with Gasteiger partial charge in [0.05, 0.1) is 29.4 Å². The number of alkyl carbamates (subject to hydrolysis) is 1. The molecule has 1 amide bonds. The molecule has 0 radical (unpaired) electrons. The number of amides is 1. The Hall–Kier alpha value is -1.92. The third-order valence-corrected chi connectivity index (χ3v) is 22.8. The number of carbonyl (C=O) groups is 3. The van der Waals surface area contributed by atoms with E-state index in [0.29, 0.717) is 61.1 Å². The predicted octanol–water partition coefficient (Wildman–Crippen LogP) is 8.49. The highest BCUT2D eigenvalue weighted by Crippen LogP contribution is 2.78. The number of esters is 1. The summed E-state index contributed by atoms with van der Waals surface area (Å²) in [5.41, 5.74) is 0.128. The summed E-state index contributed by atoms with van der Waals surface area (Å²) in [4.78, 5) is 40.8. The molecular weight excluding hydrogens is 803 g/mol. The summed E-state index contributed by atoms with van der Waals surface area (Å²) in [6.07, 6.45) is 13.7. The smallest absolute Gasteiger partial charge is 0.407 e. The van der Waals surface area contributed by atoms with E-state index >= 15 is 0 Å². The first-order valence-electron chi connectivity index (χ1n) is 24.8. The van der Waals surface area contributed by atoms with Crippen LogP contribution in [0.15, 0.2) is 0 Å². The van der Waals surface area contributed by atoms with E-state index in [9.17, 15) is 27.9 Å². The van der Waals surface area contributed by atoms with Crippen molar-refractivity contribution in [2.45, 2.75) is 189 Å². The number of carbonyl (C=O) groups excluding carboxylic acids is 2. The largest absolute Gasteiger partial charge is 0.481 e. The number of hydrogen-bond donors (Lipinski definition) is 3. The minimum atomic E-state index is -3.06. The first-order valence-corrected chi connectivity index (χ1v) is 26.7. The Balaban J connectivity index is 1.03. The molecule has 0 bridgehead atoms. The molecule has 0 aromatic carbocycles. The Bertz CT molecular complexity index is 1870. The van der Waals surface area contributed by atoms with E-state index in [1.807, 2.05) is 27.7 Å². The Morgan fingerprint density at radius 3 is 2.03 bits per heavy atom. The average molecular weight is 886 g/mol. The minimum absolute atomic E-state index is 0.00638. The van der Waals surface area contributed by atoms with Gasteiger partial charge in [0.1, 0.15) is 6.10 Å². The number of nitrogens with one attached hydrogen (secondary N) is 2. The van der Waals surface area contributed by atoms with Crippen LogP contribution in [0.5, 0.6) is 0 Å². The van der Waals surface area contributed by atoms with Crippen molar-refractivity contribution < 1.29 is 37.4 Å². The molecule has 8 aliphatic rings. The summed E-state index contributed by atoms with van der Waals surface area (Å²) in [6, 6.07) is -0.286. The maximum atomic E-state index is 13.7. The number of aliphatic carboxylic acids is 1. The standard InChI is InChI=1S/C50H83N3O8S/c1-30(2)60-43(57)52-31(3)36(53-24-26-62(58,59)27-25-53)29-51-50-19-14-32(46(8)20-21-46)40(50)33-12-13-38-47(9)17-16-39(61-42(56)35-28-34(41(54)55)44(35,4)5)45(6,7)37(47)15-18-49(38,11)48(33,10)22-23-50/h30-40,51H,12-29H2,1-11H3,(H,52,57)(H,54,55)/t31-,32-,33-,34+,35-,36-,37+,38-,39+,40-,47+,48-,49-,50+/m1/s1. The lowest BCUT2D eigenvalue weighted by molar-refractivity contribution is -0.250. The van der Waals surface area contributed by atoms with Gasteiger partial charge in [-0.05, 0) is 161 Å². The zero-order valence-corrected chi connectivity index (χ0v) is 41.1. The van der Waals surface area contributed by atoms with Crippen LogP contribution in [0.3, 0.4) is 0 Å². The molecule has 62 heavy (non-hydrogen) atoms. The average Bonchev–Trinajstić information content (AvgIpc) is 3.78. The van der Waals surface area contributed by atoms with Gasteiger partial charge in [-0.3, -0.25) is 14.5 Å². The van der Waals surface area contributed by atoms with Crippen LogP contribution in [-0.4, -0.2) is 97.4 Å². The molecule has 1 saturated heterocycles. The topological polar surface area (TPSA) is 151 Å². The molecule has 8 fully saturated rings. The Kier molecular flexibility index (Phi) is 11.7. The second kappa shape index (κ2) is 15.6. The van der Waals surface area contributed by atoms with Gasteiger partial charge in [-0.15, -0.1) is 0 Å². The predicted molar refractivity (Wildman–Crippen MR) is 241 cm³/mol. The highest BCUT2D eigenvalue weighted by molar-refractivity contribution is 7.91. The summed E-state index contributed by atoms with van der Waals surface area (Å²) in [5, 5.41) is 17.2. The number of fused-ring (bicyclic) bond motifs is 7. The molecule has 14 atom stereocenters. The second-order valence-electron chi connectivity index (χ2n) is 25.0. The molecule has 8 rings (SSSR count). The van der Waals surface area contributed by atoms with Crippen molar-refractivity contribution in [2.75, 3.05) is 31.1 Å². The van der Waals surface area contributed by atoms with Crippen LogP contribution in [0.4, 0.5) is 4.79 Å². The molecule has 3 N–H and O–H groups in total. The van der Waals surface area contributed by atoms with Crippen LogP contribution in [0.2, 0.25) is 0 Å². The summed E-state index contributed by atoms with van der Waals surface area (Å²) >= 11 is 0. The summed E-state index contributed by atoms with van der Waals surface area (Å²) in [6.45, 7) is 26.5. The molecule has 11 nitrogen and oxygen atoms in total. The van der Waals surface area contributed by atoms with Gasteiger partial charge >= 0.3 is 18.0 Å². The summed E-state index contributed by atoms with van der Waals surface area (Å²) < 4.78 is 37.1. The fourth-order valence-electron chi connectivity index (χ4n) is 16.9. The van der Waals surface area contributed by atoms with Gasteiger partial charge in [-0.25, -0.2) is 13.2 Å². The van der Waals surface area contributed by atoms with E-state index < -0.39 is 33.2 Å². The molecule has 0 spiro atoms. The van der Waals surface area contributed by atoms with Crippen LogP contribution in [0.1, 0.15) is 160 Å². The molecule has 7 saturated carbocycles. The van der Waals surface area contributed by atoms with Crippen LogP contribution in [-0.2, 0) is 28.9 Å². The normalized spacial score (nSPS) is 44.5. The molecule has 0 unspecified atom stereocenters. The quantitative estimate of drug-likeness (QED) is 0.172. The van der Waals surface area contributed by atoms with Crippen molar-refractivity contribution in [2.24, 2.45) is 73.9 Å². The van der Waals surface area contributed by atoms with Crippen molar-refractivity contribution in [1.82, 2.24) is 15.5 Å². The van der Waals surface area contributed by atoms with E-state index in [-0.39, 0.29) is 74.9 Å². The first-order chi connectivity index (χ1) is 28.7. The molecule has 0 aromatic rings. The SMILES string of the molecule is CC(C)OC(=O)N[C@H](C)[C@@H](CN[C@]12CC[C@@H](C3(C)CC3)[C@@H]1[C@H]1CC[C@@H]3[C@@]4(C)CC[C@H](OC(=O)[C@H]5C[C@@H](C(=O)O)C5(C)C)C(C)(C)[C@@H]4CC[C@@]3(C)[C@]1(C)CC2)N1CCS(=O)(=O)CC1. The number of rotatable bonds is 11. The van der Waals surface area contributed by atoms with E-state index in [2.05, 4.69) is 64.0 Å². The summed E-state index contributed by atoms with van der Waals surface area (Å²) in [5.74, 6) is 1.28. The number of carboxylic acid groups (broad SMARTS) is 1. The van der Waals surface area contributed by atoms with Crippen LogP contribution in [0.25, 0.3) is 0 Å². The number of sulfone groups is 1. The highest BCUT2D eigenvalue weighted by Gasteiger charge is 2.72. The molecular formula is C50H83N3O8S. The van der Waals surface area contributed by atoms with E-state index in [0.717, 1.165) is 25.7 Å². The zero-order valence-electron chi connectivity index (χ0n) is 40.2. The van der Waals surface area contributed by atoms with E-state index in [1.165, 1.54) is 51.4 Å². The van der Waals surface area contributed by atoms with Crippen molar-refractivity contribution in [3.8, 4) is 0 Å². The number of nitrogens with zero attached hydrogens (tertiary/aromatic N) is 1. The van der Waals surface area contributed by atoms with Crippen LogP contribution in [0, 0.1) is 73.9 Å². The Labute approximate surface area is 374 Å². The van der Waals surface area contributed by atoms with Crippen LogP contribution < -0.4 is 10.6 Å². The van der Waals surface area contributed by atoms with Gasteiger partial charge < -0.3 is 25.2 Å². The second-order valence-corrected chi connectivity index (χ2v) is 27.3. The maximum absolute atomic E-state index is 13.7. The van der Waals surface area contributed by atoms with E-state index in [4.69, 9.17) is 9.47 Å². The van der Waals surface area contributed by atoms with Gasteiger partial charge in [0.25, 0.3) is 0 Å². The molecule has 12 heteroatoms. The highest BCUT2D eigenvalue weighted by atomic mass is 32.2. The fourth-order valence-corrected chi connectivity index (χ4v) is 18.1. The number of ether oxygens (including phenoxy) is 2. The number of carboxylic acids is 1. The minimum Gasteiger partial charge on any atom is -0.481 e.